The van der Waals surface area contributed by atoms with E-state index in [1.165, 1.54) is 13.4 Å². The Balaban J connectivity index is 2.63. The quantitative estimate of drug-likeness (QED) is 0.619. The molecule has 0 aliphatic heterocycles. The first kappa shape index (κ1) is 12.5. The Bertz CT molecular complexity index is 376. The molecule has 16 heavy (non-hydrogen) atoms. The van der Waals surface area contributed by atoms with E-state index in [0.29, 0.717) is 10.8 Å². The van der Waals surface area contributed by atoms with Crippen LogP contribution in [0.1, 0.15) is 23.9 Å². The average Bonchev–Trinajstić information content (AvgIpc) is 2.73. The summed E-state index contributed by atoms with van der Waals surface area (Å²) in [7, 11) is 1.29. The summed E-state index contributed by atoms with van der Waals surface area (Å²) >= 11 is 5.03. The van der Waals surface area contributed by atoms with Crippen LogP contribution in [0.2, 0.25) is 0 Å². The van der Waals surface area contributed by atoms with Gasteiger partial charge in [-0.2, -0.15) is 0 Å². The fourth-order valence-corrected chi connectivity index (χ4v) is 1.28. The number of anilines is 1. The van der Waals surface area contributed by atoms with Crippen LogP contribution >= 0.6 is 12.2 Å². The number of nitrogens with one attached hydrogen (secondary N) is 2. The van der Waals surface area contributed by atoms with Gasteiger partial charge in [0.2, 0.25) is 5.76 Å². The van der Waals surface area contributed by atoms with Gasteiger partial charge >= 0.3 is 5.97 Å². The second-order valence-corrected chi connectivity index (χ2v) is 3.44. The molecular weight excluding hydrogens is 228 g/mol. The highest BCUT2D eigenvalue weighted by Crippen LogP contribution is 2.17. The molecule has 0 atom stereocenters. The molecule has 0 aromatic carbocycles. The van der Waals surface area contributed by atoms with Crippen LogP contribution in [0.4, 0.5) is 5.69 Å². The Labute approximate surface area is 99.1 Å². The third-order valence-corrected chi connectivity index (χ3v) is 2.07. The van der Waals surface area contributed by atoms with Crippen molar-refractivity contribution in [2.24, 2.45) is 0 Å². The minimum Gasteiger partial charge on any atom is -0.463 e. The molecule has 1 rings (SSSR count). The summed E-state index contributed by atoms with van der Waals surface area (Å²) in [5.74, 6) is -0.422. The fraction of sp³-hybridized carbons (Fsp3) is 0.400. The van der Waals surface area contributed by atoms with E-state index in [9.17, 15) is 4.79 Å². The standard InChI is InChI=1S/C10H14N2O3S/c1-3-5-11-10(16)12-7-4-6-15-8(7)9(13)14-2/h4,6H,3,5H2,1-2H3,(H2,11,12,16). The second-order valence-electron chi connectivity index (χ2n) is 3.04. The van der Waals surface area contributed by atoms with Crippen LogP contribution < -0.4 is 10.6 Å². The Morgan fingerprint density at radius 3 is 3.00 bits per heavy atom. The van der Waals surface area contributed by atoms with E-state index >= 15 is 0 Å². The minimum absolute atomic E-state index is 0.114. The summed E-state index contributed by atoms with van der Waals surface area (Å²) in [5.41, 5.74) is 0.500. The normalized spacial score (nSPS) is 9.62. The fourth-order valence-electron chi connectivity index (χ4n) is 1.06. The summed E-state index contributed by atoms with van der Waals surface area (Å²) < 4.78 is 9.56. The number of esters is 1. The highest BCUT2D eigenvalue weighted by molar-refractivity contribution is 7.80. The molecule has 0 unspecified atom stereocenters. The van der Waals surface area contributed by atoms with Crippen LogP contribution in [-0.2, 0) is 4.74 Å². The number of ether oxygens (including phenoxy) is 1. The van der Waals surface area contributed by atoms with Gasteiger partial charge in [0.05, 0.1) is 19.1 Å². The smallest absolute Gasteiger partial charge is 0.376 e. The number of thiocarbonyl (C=S) groups is 1. The predicted molar refractivity (Wildman–Crippen MR) is 64.6 cm³/mol. The molecule has 88 valence electrons. The number of rotatable bonds is 4. The maximum Gasteiger partial charge on any atom is 0.376 e. The SMILES string of the molecule is CCCNC(=S)Nc1ccoc1C(=O)OC. The molecule has 0 aliphatic carbocycles. The van der Waals surface area contributed by atoms with Gasteiger partial charge in [0, 0.05) is 12.6 Å². The van der Waals surface area contributed by atoms with Crippen LogP contribution in [0.15, 0.2) is 16.7 Å². The Kier molecular flexibility index (Phi) is 4.78. The summed E-state index contributed by atoms with van der Waals surface area (Å²) in [6.07, 6.45) is 2.37. The van der Waals surface area contributed by atoms with E-state index in [4.69, 9.17) is 16.6 Å². The number of carbonyl (C=O) groups excluding carboxylic acids is 1. The topological polar surface area (TPSA) is 63.5 Å². The summed E-state index contributed by atoms with van der Waals surface area (Å²) in [6.45, 7) is 2.81. The largest absolute Gasteiger partial charge is 0.463 e. The summed E-state index contributed by atoms with van der Waals surface area (Å²) in [4.78, 5) is 11.3. The molecule has 6 heteroatoms. The Morgan fingerprint density at radius 2 is 2.38 bits per heavy atom. The molecule has 0 amide bonds. The molecule has 5 nitrogen and oxygen atoms in total. The maximum absolute atomic E-state index is 11.3. The molecule has 0 bridgehead atoms. The lowest BCUT2D eigenvalue weighted by atomic mass is 10.4. The van der Waals surface area contributed by atoms with Crippen molar-refractivity contribution in [2.75, 3.05) is 19.0 Å². The lowest BCUT2D eigenvalue weighted by Gasteiger charge is -2.08. The Morgan fingerprint density at radius 1 is 1.62 bits per heavy atom. The zero-order valence-electron chi connectivity index (χ0n) is 9.20. The van der Waals surface area contributed by atoms with Gasteiger partial charge in [-0.1, -0.05) is 6.92 Å². The molecule has 1 aromatic heterocycles. The van der Waals surface area contributed by atoms with E-state index in [2.05, 4.69) is 15.4 Å². The van der Waals surface area contributed by atoms with E-state index in [-0.39, 0.29) is 5.76 Å². The van der Waals surface area contributed by atoms with Crippen molar-refractivity contribution in [1.82, 2.24) is 5.32 Å². The number of furan rings is 1. The zero-order valence-corrected chi connectivity index (χ0v) is 10.0. The van der Waals surface area contributed by atoms with E-state index in [1.807, 2.05) is 6.92 Å². The second kappa shape index (κ2) is 6.12. The van der Waals surface area contributed by atoms with Crippen LogP contribution in [0, 0.1) is 0 Å². The number of hydrogen-bond acceptors (Lipinski definition) is 4. The first-order valence-corrected chi connectivity index (χ1v) is 5.30. The van der Waals surface area contributed by atoms with Gasteiger partial charge in [0.1, 0.15) is 0 Å². The van der Waals surface area contributed by atoms with Crippen molar-refractivity contribution in [3.05, 3.63) is 18.1 Å². The minimum atomic E-state index is -0.536. The molecule has 1 heterocycles. The predicted octanol–water partition coefficient (Wildman–Crippen LogP) is 1.76. The van der Waals surface area contributed by atoms with Crippen molar-refractivity contribution >= 4 is 29.0 Å². The highest BCUT2D eigenvalue weighted by Gasteiger charge is 2.16. The van der Waals surface area contributed by atoms with Crippen LogP contribution in [0.25, 0.3) is 0 Å². The molecule has 1 aromatic rings. The van der Waals surface area contributed by atoms with Crippen molar-refractivity contribution in [3.63, 3.8) is 0 Å². The van der Waals surface area contributed by atoms with E-state index in [0.717, 1.165) is 13.0 Å². The number of methoxy groups -OCH3 is 1. The van der Waals surface area contributed by atoms with Gasteiger partial charge in [-0.05, 0) is 18.6 Å². The Hall–Kier alpha value is -1.56. The van der Waals surface area contributed by atoms with Crippen LogP contribution in [-0.4, -0.2) is 24.7 Å². The molecule has 0 aliphatic rings. The third kappa shape index (κ3) is 3.23. The number of hydrogen-bond donors (Lipinski definition) is 2. The van der Waals surface area contributed by atoms with Gasteiger partial charge in [-0.25, -0.2) is 4.79 Å². The number of carbonyl (C=O) groups is 1. The third-order valence-electron chi connectivity index (χ3n) is 1.82. The molecule has 0 saturated carbocycles. The average molecular weight is 242 g/mol. The van der Waals surface area contributed by atoms with E-state index in [1.54, 1.807) is 6.07 Å². The molecule has 2 N–H and O–H groups in total. The van der Waals surface area contributed by atoms with Gasteiger partial charge < -0.3 is 19.8 Å². The molecule has 0 saturated heterocycles. The zero-order chi connectivity index (χ0) is 12.0. The van der Waals surface area contributed by atoms with Gasteiger partial charge in [-0.15, -0.1) is 0 Å². The first-order valence-electron chi connectivity index (χ1n) is 4.89. The first-order chi connectivity index (χ1) is 7.69. The van der Waals surface area contributed by atoms with Crippen molar-refractivity contribution in [1.29, 1.82) is 0 Å². The van der Waals surface area contributed by atoms with E-state index < -0.39 is 5.97 Å². The van der Waals surface area contributed by atoms with Crippen molar-refractivity contribution in [3.8, 4) is 0 Å². The van der Waals surface area contributed by atoms with Crippen molar-refractivity contribution in [2.45, 2.75) is 13.3 Å². The molecule has 0 spiro atoms. The van der Waals surface area contributed by atoms with Crippen LogP contribution in [0.3, 0.4) is 0 Å². The summed E-state index contributed by atoms with van der Waals surface area (Å²) in [6, 6.07) is 1.62. The van der Waals surface area contributed by atoms with Crippen LogP contribution in [0.5, 0.6) is 0 Å². The molecular formula is C10H14N2O3S. The monoisotopic (exact) mass is 242 g/mol. The van der Waals surface area contributed by atoms with Gasteiger partial charge in [-0.3, -0.25) is 0 Å². The highest BCUT2D eigenvalue weighted by atomic mass is 32.1. The maximum atomic E-state index is 11.3. The summed E-state index contributed by atoms with van der Waals surface area (Å²) in [5, 5.41) is 6.30. The lowest BCUT2D eigenvalue weighted by Crippen LogP contribution is -2.29. The van der Waals surface area contributed by atoms with Gasteiger partial charge in [0.15, 0.2) is 5.11 Å². The lowest BCUT2D eigenvalue weighted by molar-refractivity contribution is 0.0566. The molecule has 0 radical (unpaired) electrons. The molecule has 0 fully saturated rings. The van der Waals surface area contributed by atoms with Gasteiger partial charge in [0.25, 0.3) is 0 Å². The van der Waals surface area contributed by atoms with Crippen molar-refractivity contribution < 1.29 is 13.9 Å².